The quantitative estimate of drug-likeness (QED) is 0.832. The van der Waals surface area contributed by atoms with Crippen LogP contribution < -0.4 is 16.4 Å². The summed E-state index contributed by atoms with van der Waals surface area (Å²) < 4.78 is 6.04. The Morgan fingerprint density at radius 3 is 2.52 bits per heavy atom. The number of carbonyl (C=O) groups is 2. The molecule has 7 nitrogen and oxygen atoms in total. The first kappa shape index (κ1) is 16.3. The van der Waals surface area contributed by atoms with Crippen LogP contribution in [0.2, 0.25) is 0 Å². The molecule has 0 spiro atoms. The van der Waals surface area contributed by atoms with Gasteiger partial charge in [0.25, 0.3) is 11.5 Å². The average Bonchev–Trinajstić information content (AvgIpc) is 2.56. The van der Waals surface area contributed by atoms with Gasteiger partial charge in [-0.05, 0) is 24.6 Å². The third kappa shape index (κ3) is 4.44. The van der Waals surface area contributed by atoms with E-state index >= 15 is 0 Å². The molecule has 0 aliphatic rings. The van der Waals surface area contributed by atoms with Crippen molar-refractivity contribution in [2.24, 2.45) is 0 Å². The molecule has 0 aliphatic carbocycles. The normalized spacial score (nSPS) is 9.96. The van der Waals surface area contributed by atoms with Crippen molar-refractivity contribution in [2.75, 3.05) is 6.61 Å². The molecule has 23 heavy (non-hydrogen) atoms. The molecule has 2 aromatic rings. The first-order chi connectivity index (χ1) is 11.1. The fraction of sp³-hybridized carbons (Fsp3) is 0.188. The van der Waals surface area contributed by atoms with Gasteiger partial charge in [0, 0.05) is 6.20 Å². The highest BCUT2D eigenvalue weighted by atomic mass is 16.5. The zero-order valence-corrected chi connectivity index (χ0v) is 12.6. The number of carbonyl (C=O) groups excluding carboxylic acids is 2. The van der Waals surface area contributed by atoms with Crippen molar-refractivity contribution in [3.05, 3.63) is 70.1 Å². The van der Waals surface area contributed by atoms with Crippen LogP contribution in [-0.4, -0.2) is 23.2 Å². The van der Waals surface area contributed by atoms with E-state index in [1.807, 2.05) is 30.3 Å². The molecule has 0 radical (unpaired) electrons. The second-order valence-electron chi connectivity index (χ2n) is 4.64. The minimum atomic E-state index is -0.790. The third-order valence-corrected chi connectivity index (χ3v) is 3.01. The van der Waals surface area contributed by atoms with Gasteiger partial charge in [-0.3, -0.25) is 15.0 Å². The van der Waals surface area contributed by atoms with Gasteiger partial charge in [0.15, 0.2) is 0 Å². The van der Waals surface area contributed by atoms with Crippen molar-refractivity contribution in [3.8, 4) is 0 Å². The van der Waals surface area contributed by atoms with Crippen molar-refractivity contribution in [1.29, 1.82) is 0 Å². The van der Waals surface area contributed by atoms with E-state index in [9.17, 15) is 14.4 Å². The van der Waals surface area contributed by atoms with Gasteiger partial charge in [0.2, 0.25) is 0 Å². The summed E-state index contributed by atoms with van der Waals surface area (Å²) in [5, 5.41) is 0. The minimum absolute atomic E-state index is 0.0692. The molecular formula is C16H17N3O4. The number of pyridine rings is 1. The molecule has 0 aliphatic heterocycles. The molecule has 120 valence electrons. The molecule has 0 saturated heterocycles. The summed E-state index contributed by atoms with van der Waals surface area (Å²) in [6.07, 6.45) is 0.812. The van der Waals surface area contributed by atoms with Gasteiger partial charge < -0.3 is 9.30 Å². The SMILES string of the molecule is CCOC(=O)NNC(=O)c1cccn(Cc2ccccc2)c1=O. The molecule has 1 aromatic heterocycles. The Balaban J connectivity index is 2.11. The molecule has 2 N–H and O–H groups in total. The van der Waals surface area contributed by atoms with Crippen molar-refractivity contribution in [3.63, 3.8) is 0 Å². The average molecular weight is 315 g/mol. The van der Waals surface area contributed by atoms with Gasteiger partial charge in [0.05, 0.1) is 13.2 Å². The molecule has 0 fully saturated rings. The molecule has 1 aromatic carbocycles. The summed E-state index contributed by atoms with van der Waals surface area (Å²) in [5.41, 5.74) is 4.64. The van der Waals surface area contributed by atoms with Crippen LogP contribution in [0.3, 0.4) is 0 Å². The lowest BCUT2D eigenvalue weighted by Gasteiger charge is -2.09. The Hall–Kier alpha value is -3.09. The lowest BCUT2D eigenvalue weighted by atomic mass is 10.2. The fourth-order valence-corrected chi connectivity index (χ4v) is 1.96. The predicted octanol–water partition coefficient (Wildman–Crippen LogP) is 1.29. The monoisotopic (exact) mass is 315 g/mol. The largest absolute Gasteiger partial charge is 0.449 e. The van der Waals surface area contributed by atoms with Gasteiger partial charge in [-0.15, -0.1) is 0 Å². The molecular weight excluding hydrogens is 298 g/mol. The topological polar surface area (TPSA) is 89.4 Å². The van der Waals surface area contributed by atoms with E-state index in [1.54, 1.807) is 19.2 Å². The Morgan fingerprint density at radius 2 is 1.83 bits per heavy atom. The van der Waals surface area contributed by atoms with Crippen LogP contribution in [0.4, 0.5) is 4.79 Å². The van der Waals surface area contributed by atoms with Gasteiger partial charge >= 0.3 is 6.09 Å². The summed E-state index contributed by atoms with van der Waals surface area (Å²) in [6, 6.07) is 12.4. The van der Waals surface area contributed by atoms with Crippen LogP contribution in [0.5, 0.6) is 0 Å². The first-order valence-corrected chi connectivity index (χ1v) is 7.08. The smallest absolute Gasteiger partial charge is 0.426 e. The summed E-state index contributed by atoms with van der Waals surface area (Å²) >= 11 is 0. The first-order valence-electron chi connectivity index (χ1n) is 7.08. The number of hydrogen-bond acceptors (Lipinski definition) is 4. The molecule has 0 atom stereocenters. The lowest BCUT2D eigenvalue weighted by Crippen LogP contribution is -2.44. The predicted molar refractivity (Wildman–Crippen MR) is 83.9 cm³/mol. The maximum Gasteiger partial charge on any atom is 0.426 e. The Kier molecular flexibility index (Phi) is 5.51. The highest BCUT2D eigenvalue weighted by Gasteiger charge is 2.13. The van der Waals surface area contributed by atoms with Crippen LogP contribution >= 0.6 is 0 Å². The van der Waals surface area contributed by atoms with Gasteiger partial charge in [0.1, 0.15) is 5.56 Å². The molecule has 2 amide bonds. The number of amides is 2. The van der Waals surface area contributed by atoms with Crippen LogP contribution in [0.1, 0.15) is 22.8 Å². The fourth-order valence-electron chi connectivity index (χ4n) is 1.96. The van der Waals surface area contributed by atoms with Crippen molar-refractivity contribution in [2.45, 2.75) is 13.5 Å². The van der Waals surface area contributed by atoms with E-state index in [1.165, 1.54) is 10.6 Å². The van der Waals surface area contributed by atoms with Crippen LogP contribution in [0.15, 0.2) is 53.5 Å². The molecule has 0 unspecified atom stereocenters. The Labute approximate surface area is 132 Å². The van der Waals surface area contributed by atoms with E-state index in [0.717, 1.165) is 5.56 Å². The van der Waals surface area contributed by atoms with Crippen molar-refractivity contribution >= 4 is 12.0 Å². The summed E-state index contributed by atoms with van der Waals surface area (Å²) in [5.74, 6) is -0.703. The zero-order chi connectivity index (χ0) is 16.7. The number of hydrazine groups is 1. The van der Waals surface area contributed by atoms with E-state index in [4.69, 9.17) is 0 Å². The highest BCUT2D eigenvalue weighted by molar-refractivity contribution is 5.94. The molecule has 2 rings (SSSR count). The van der Waals surface area contributed by atoms with Gasteiger partial charge in [-0.25, -0.2) is 10.2 Å². The molecule has 7 heteroatoms. The van der Waals surface area contributed by atoms with Gasteiger partial charge in [-0.1, -0.05) is 30.3 Å². The Bertz CT molecular complexity index is 740. The second-order valence-corrected chi connectivity index (χ2v) is 4.64. The Morgan fingerprint density at radius 1 is 1.09 bits per heavy atom. The summed E-state index contributed by atoms with van der Waals surface area (Å²) in [4.78, 5) is 35.5. The summed E-state index contributed by atoms with van der Waals surface area (Å²) in [6.45, 7) is 2.17. The highest BCUT2D eigenvalue weighted by Crippen LogP contribution is 2.01. The third-order valence-electron chi connectivity index (χ3n) is 3.01. The maximum absolute atomic E-state index is 12.3. The minimum Gasteiger partial charge on any atom is -0.449 e. The van der Waals surface area contributed by atoms with E-state index in [-0.39, 0.29) is 12.2 Å². The standard InChI is InChI=1S/C16H17N3O4/c1-2-23-16(22)18-17-14(20)13-9-6-10-19(15(13)21)11-12-7-4-3-5-8-12/h3-10H,2,11H2,1H3,(H,17,20)(H,18,22). The van der Waals surface area contributed by atoms with E-state index in [2.05, 4.69) is 15.6 Å². The zero-order valence-electron chi connectivity index (χ0n) is 12.6. The number of nitrogens with one attached hydrogen (secondary N) is 2. The van der Waals surface area contributed by atoms with Gasteiger partial charge in [-0.2, -0.15) is 0 Å². The second kappa shape index (κ2) is 7.79. The number of nitrogens with zero attached hydrogens (tertiary/aromatic N) is 1. The van der Waals surface area contributed by atoms with Crippen LogP contribution in [0, 0.1) is 0 Å². The van der Waals surface area contributed by atoms with E-state index < -0.39 is 17.6 Å². The number of hydrogen-bond donors (Lipinski definition) is 2. The van der Waals surface area contributed by atoms with Crippen molar-refractivity contribution < 1.29 is 14.3 Å². The van der Waals surface area contributed by atoms with Crippen LogP contribution in [-0.2, 0) is 11.3 Å². The molecule has 0 bridgehead atoms. The number of ether oxygens (including phenoxy) is 1. The van der Waals surface area contributed by atoms with Crippen molar-refractivity contribution in [1.82, 2.24) is 15.4 Å². The number of aromatic nitrogens is 1. The molecule has 0 saturated carbocycles. The summed E-state index contributed by atoms with van der Waals surface area (Å²) in [7, 11) is 0. The van der Waals surface area contributed by atoms with Crippen LogP contribution in [0.25, 0.3) is 0 Å². The number of rotatable bonds is 4. The number of benzene rings is 1. The lowest BCUT2D eigenvalue weighted by molar-refractivity contribution is 0.0910. The maximum atomic E-state index is 12.3. The molecule has 1 heterocycles. The van der Waals surface area contributed by atoms with E-state index in [0.29, 0.717) is 6.54 Å².